The lowest BCUT2D eigenvalue weighted by atomic mass is 10.1. The van der Waals surface area contributed by atoms with Crippen molar-refractivity contribution in [2.75, 3.05) is 0 Å². The quantitative estimate of drug-likeness (QED) is 0.674. The predicted octanol–water partition coefficient (Wildman–Crippen LogP) is 4.28. The van der Waals surface area contributed by atoms with Crippen LogP contribution in [-0.2, 0) is 6.42 Å². The molecule has 3 aromatic rings. The Morgan fingerprint density at radius 3 is 2.48 bits per heavy atom. The van der Waals surface area contributed by atoms with E-state index in [1.165, 1.54) is 30.3 Å². The largest absolute Gasteiger partial charge is 0.450 e. The molecule has 0 spiro atoms. The number of Topliss-reactive ketones (excluding diaryl/α,β-unsaturated/α-hetero) is 1. The van der Waals surface area contributed by atoms with Crippen molar-refractivity contribution < 1.29 is 22.4 Å². The zero-order valence-electron chi connectivity index (χ0n) is 10.7. The van der Waals surface area contributed by atoms with E-state index in [9.17, 15) is 18.0 Å². The van der Waals surface area contributed by atoms with Crippen molar-refractivity contribution in [2.24, 2.45) is 0 Å². The Balaban J connectivity index is 1.94. The van der Waals surface area contributed by atoms with Gasteiger partial charge in [-0.05, 0) is 23.8 Å². The molecule has 0 amide bonds. The summed E-state index contributed by atoms with van der Waals surface area (Å²) in [6.45, 7) is 0. The first-order chi connectivity index (χ1) is 10.1. The van der Waals surface area contributed by atoms with Crippen molar-refractivity contribution in [1.82, 2.24) is 0 Å². The molecule has 21 heavy (non-hydrogen) atoms. The number of benzene rings is 2. The molecule has 0 atom stereocenters. The van der Waals surface area contributed by atoms with Crippen LogP contribution in [0.15, 0.2) is 46.9 Å². The number of furan rings is 1. The van der Waals surface area contributed by atoms with E-state index in [1.807, 2.05) is 0 Å². The number of para-hydroxylation sites is 1. The molecule has 0 radical (unpaired) electrons. The summed E-state index contributed by atoms with van der Waals surface area (Å²) in [5, 5.41) is 0.443. The second-order valence-corrected chi connectivity index (χ2v) is 4.58. The summed E-state index contributed by atoms with van der Waals surface area (Å²) >= 11 is 0. The van der Waals surface area contributed by atoms with Crippen molar-refractivity contribution in [1.29, 1.82) is 0 Å². The van der Waals surface area contributed by atoms with Gasteiger partial charge in [0, 0.05) is 11.8 Å². The first kappa shape index (κ1) is 13.4. The molecule has 0 N–H and O–H groups in total. The van der Waals surface area contributed by atoms with Crippen LogP contribution in [-0.4, -0.2) is 5.78 Å². The van der Waals surface area contributed by atoms with Crippen LogP contribution in [0.4, 0.5) is 13.2 Å². The van der Waals surface area contributed by atoms with E-state index < -0.39 is 23.2 Å². The monoisotopic (exact) mass is 290 g/mol. The first-order valence-electron chi connectivity index (χ1n) is 6.20. The molecule has 0 fully saturated rings. The molecule has 0 saturated carbocycles. The number of fused-ring (bicyclic) bond motifs is 1. The number of carbonyl (C=O) groups is 1. The molecule has 2 nitrogen and oxygen atoms in total. The van der Waals surface area contributed by atoms with Gasteiger partial charge in [-0.1, -0.05) is 24.3 Å². The molecule has 1 heterocycles. The minimum absolute atomic E-state index is 0.0273. The lowest BCUT2D eigenvalue weighted by Crippen LogP contribution is -2.05. The molecule has 3 rings (SSSR count). The van der Waals surface area contributed by atoms with Crippen molar-refractivity contribution in [3.8, 4) is 0 Å². The number of hydrogen-bond donors (Lipinski definition) is 0. The van der Waals surface area contributed by atoms with Crippen LogP contribution < -0.4 is 0 Å². The van der Waals surface area contributed by atoms with E-state index in [4.69, 9.17) is 4.42 Å². The van der Waals surface area contributed by atoms with Crippen LogP contribution >= 0.6 is 0 Å². The Hall–Kier alpha value is -2.56. The van der Waals surface area contributed by atoms with Gasteiger partial charge in [-0.2, -0.15) is 0 Å². The summed E-state index contributed by atoms with van der Waals surface area (Å²) < 4.78 is 45.3. The molecule has 0 aliphatic heterocycles. The highest BCUT2D eigenvalue weighted by molar-refractivity contribution is 5.98. The number of halogens is 3. The standard InChI is InChI=1S/C16H9F3O2/c17-11-5-1-3-9(15(11)19)7-13(20)14-8-10-4-2-6-12(18)16(10)21-14/h1-6,8H,7H2. The van der Waals surface area contributed by atoms with Gasteiger partial charge in [0.25, 0.3) is 0 Å². The van der Waals surface area contributed by atoms with E-state index in [-0.39, 0.29) is 23.3 Å². The third-order valence-electron chi connectivity index (χ3n) is 3.15. The fourth-order valence-corrected chi connectivity index (χ4v) is 2.11. The summed E-state index contributed by atoms with van der Waals surface area (Å²) in [7, 11) is 0. The zero-order chi connectivity index (χ0) is 15.0. The molecule has 1 aromatic heterocycles. The zero-order valence-corrected chi connectivity index (χ0v) is 10.7. The Kier molecular flexibility index (Phi) is 3.25. The van der Waals surface area contributed by atoms with Gasteiger partial charge in [0.1, 0.15) is 0 Å². The van der Waals surface area contributed by atoms with Gasteiger partial charge < -0.3 is 4.42 Å². The summed E-state index contributed by atoms with van der Waals surface area (Å²) in [5.41, 5.74) is -0.0958. The van der Waals surface area contributed by atoms with Crippen molar-refractivity contribution >= 4 is 16.8 Å². The van der Waals surface area contributed by atoms with Gasteiger partial charge in [0.05, 0.1) is 0 Å². The fraction of sp³-hybridized carbons (Fsp3) is 0.0625. The lowest BCUT2D eigenvalue weighted by Gasteiger charge is -2.01. The third-order valence-corrected chi connectivity index (χ3v) is 3.15. The Labute approximate surface area is 117 Å². The lowest BCUT2D eigenvalue weighted by molar-refractivity contribution is 0.0967. The second-order valence-electron chi connectivity index (χ2n) is 4.58. The average Bonchev–Trinajstić information content (AvgIpc) is 2.89. The van der Waals surface area contributed by atoms with E-state index in [1.54, 1.807) is 6.07 Å². The van der Waals surface area contributed by atoms with Crippen LogP contribution in [0.2, 0.25) is 0 Å². The van der Waals surface area contributed by atoms with Crippen LogP contribution in [0.5, 0.6) is 0 Å². The molecular weight excluding hydrogens is 281 g/mol. The summed E-state index contributed by atoms with van der Waals surface area (Å²) in [5.74, 6) is -3.29. The van der Waals surface area contributed by atoms with Crippen LogP contribution in [0.3, 0.4) is 0 Å². The molecule has 0 aliphatic rings. The molecule has 0 unspecified atom stereocenters. The summed E-state index contributed by atoms with van der Waals surface area (Å²) in [6.07, 6.45) is -0.356. The smallest absolute Gasteiger partial charge is 0.202 e. The van der Waals surface area contributed by atoms with Gasteiger partial charge in [0.15, 0.2) is 28.8 Å². The molecule has 0 bridgehead atoms. The van der Waals surface area contributed by atoms with Gasteiger partial charge in [-0.3, -0.25) is 4.79 Å². The van der Waals surface area contributed by atoms with Crippen molar-refractivity contribution in [2.45, 2.75) is 6.42 Å². The average molecular weight is 290 g/mol. The number of rotatable bonds is 3. The van der Waals surface area contributed by atoms with Crippen LogP contribution in [0.25, 0.3) is 11.0 Å². The Bertz CT molecular complexity index is 837. The minimum Gasteiger partial charge on any atom is -0.450 e. The van der Waals surface area contributed by atoms with E-state index in [2.05, 4.69) is 0 Å². The molecule has 0 aliphatic carbocycles. The van der Waals surface area contributed by atoms with E-state index in [0.717, 1.165) is 6.07 Å². The number of hydrogen-bond acceptors (Lipinski definition) is 2. The maximum atomic E-state index is 13.5. The second kappa shape index (κ2) is 5.09. The van der Waals surface area contributed by atoms with Gasteiger partial charge in [0.2, 0.25) is 5.78 Å². The highest BCUT2D eigenvalue weighted by Gasteiger charge is 2.17. The molecule has 0 saturated heterocycles. The highest BCUT2D eigenvalue weighted by Crippen LogP contribution is 2.23. The number of ketones is 1. The molecular formula is C16H9F3O2. The summed E-state index contributed by atoms with van der Waals surface area (Å²) in [4.78, 5) is 12.1. The maximum Gasteiger partial charge on any atom is 0.202 e. The minimum atomic E-state index is -1.06. The number of carbonyl (C=O) groups excluding carboxylic acids is 1. The van der Waals surface area contributed by atoms with Crippen molar-refractivity contribution in [3.63, 3.8) is 0 Å². The van der Waals surface area contributed by atoms with Crippen molar-refractivity contribution in [3.05, 3.63) is 71.2 Å². The van der Waals surface area contributed by atoms with E-state index >= 15 is 0 Å². The van der Waals surface area contributed by atoms with Crippen LogP contribution in [0, 0.1) is 17.5 Å². The normalized spacial score (nSPS) is 11.0. The SMILES string of the molecule is O=C(Cc1cccc(F)c1F)c1cc2cccc(F)c2o1. The van der Waals surface area contributed by atoms with Gasteiger partial charge in [-0.25, -0.2) is 13.2 Å². The fourth-order valence-electron chi connectivity index (χ4n) is 2.11. The topological polar surface area (TPSA) is 30.2 Å². The van der Waals surface area contributed by atoms with Gasteiger partial charge >= 0.3 is 0 Å². The van der Waals surface area contributed by atoms with Crippen LogP contribution in [0.1, 0.15) is 16.1 Å². The van der Waals surface area contributed by atoms with E-state index in [0.29, 0.717) is 5.39 Å². The Morgan fingerprint density at radius 1 is 1.00 bits per heavy atom. The predicted molar refractivity (Wildman–Crippen MR) is 70.6 cm³/mol. The third kappa shape index (κ3) is 2.42. The molecule has 2 aromatic carbocycles. The molecule has 106 valence electrons. The summed E-state index contributed by atoms with van der Waals surface area (Å²) in [6, 6.07) is 9.30. The maximum absolute atomic E-state index is 13.5. The first-order valence-corrected chi connectivity index (χ1v) is 6.20. The Morgan fingerprint density at radius 2 is 1.71 bits per heavy atom. The molecule has 5 heteroatoms. The highest BCUT2D eigenvalue weighted by atomic mass is 19.2. The van der Waals surface area contributed by atoms with Gasteiger partial charge in [-0.15, -0.1) is 0 Å².